The molecule has 0 bridgehead atoms. The molecule has 5 rings (SSSR count). The number of halogens is 1. The van der Waals surface area contributed by atoms with Crippen LogP contribution in [0.2, 0.25) is 0 Å². The molecule has 0 atom stereocenters. The Labute approximate surface area is 221 Å². The number of benzene rings is 2. The number of amides is 1. The number of aryl methyl sites for hydroxylation is 2. The van der Waals surface area contributed by atoms with Crippen LogP contribution in [0.1, 0.15) is 22.3 Å². The number of hydrogen-bond acceptors (Lipinski definition) is 6. The van der Waals surface area contributed by atoms with Crippen LogP contribution in [-0.2, 0) is 11.3 Å². The number of hydrogen-bond donors (Lipinski definition) is 0. The molecule has 9 heteroatoms. The van der Waals surface area contributed by atoms with E-state index in [2.05, 4.69) is 0 Å². The summed E-state index contributed by atoms with van der Waals surface area (Å²) in [7, 11) is 0. The SMILES string of the molecule is Cc1ccc(Sc2nc3ccc(C)cn3c(=O)c2/C=C2/SC(=S)N(Cc3ccc(F)cc3)C2=O)cc1. The summed E-state index contributed by atoms with van der Waals surface area (Å²) < 4.78 is 15.2. The van der Waals surface area contributed by atoms with Crippen LogP contribution in [0.3, 0.4) is 0 Å². The largest absolute Gasteiger partial charge is 0.288 e. The molecule has 5 nitrogen and oxygen atoms in total. The smallest absolute Gasteiger partial charge is 0.266 e. The molecule has 1 aliphatic heterocycles. The summed E-state index contributed by atoms with van der Waals surface area (Å²) in [6.45, 7) is 4.14. The van der Waals surface area contributed by atoms with Crippen LogP contribution >= 0.6 is 35.7 Å². The van der Waals surface area contributed by atoms with Crippen LogP contribution in [0.15, 0.2) is 86.5 Å². The van der Waals surface area contributed by atoms with Gasteiger partial charge in [-0.1, -0.05) is 71.6 Å². The Morgan fingerprint density at radius 3 is 2.42 bits per heavy atom. The van der Waals surface area contributed by atoms with Crippen molar-refractivity contribution < 1.29 is 9.18 Å². The highest BCUT2D eigenvalue weighted by atomic mass is 32.2. The monoisotopic (exact) mass is 533 g/mol. The summed E-state index contributed by atoms with van der Waals surface area (Å²) in [4.78, 5) is 34.4. The minimum absolute atomic E-state index is 0.224. The Morgan fingerprint density at radius 2 is 1.69 bits per heavy atom. The number of fused-ring (bicyclic) bond motifs is 1. The zero-order valence-electron chi connectivity index (χ0n) is 19.4. The first-order chi connectivity index (χ1) is 17.3. The van der Waals surface area contributed by atoms with Gasteiger partial charge in [0, 0.05) is 11.1 Å². The fraction of sp³-hybridized carbons (Fsp3) is 0.111. The van der Waals surface area contributed by atoms with Gasteiger partial charge in [0.1, 0.15) is 20.8 Å². The maximum atomic E-state index is 13.6. The fourth-order valence-electron chi connectivity index (χ4n) is 3.70. The van der Waals surface area contributed by atoms with Gasteiger partial charge in [0.2, 0.25) is 0 Å². The number of thiocarbonyl (C=S) groups is 1. The normalized spacial score (nSPS) is 14.9. The molecule has 1 fully saturated rings. The maximum absolute atomic E-state index is 13.6. The number of aromatic nitrogens is 2. The highest BCUT2D eigenvalue weighted by Gasteiger charge is 2.32. The van der Waals surface area contributed by atoms with Gasteiger partial charge in [-0.2, -0.15) is 0 Å². The van der Waals surface area contributed by atoms with Gasteiger partial charge in [-0.15, -0.1) is 0 Å². The molecular weight excluding hydrogens is 514 g/mol. The van der Waals surface area contributed by atoms with E-state index in [1.54, 1.807) is 24.4 Å². The summed E-state index contributed by atoms with van der Waals surface area (Å²) in [5, 5.41) is 0.511. The van der Waals surface area contributed by atoms with Gasteiger partial charge < -0.3 is 0 Å². The van der Waals surface area contributed by atoms with Crippen molar-refractivity contribution in [3.05, 3.63) is 110 Å². The van der Waals surface area contributed by atoms with Crippen molar-refractivity contribution in [2.45, 2.75) is 30.3 Å². The van der Waals surface area contributed by atoms with Gasteiger partial charge in [0.05, 0.1) is 17.0 Å². The molecule has 3 heterocycles. The molecule has 36 heavy (non-hydrogen) atoms. The topological polar surface area (TPSA) is 54.7 Å². The molecule has 0 N–H and O–H groups in total. The molecule has 0 spiro atoms. The van der Waals surface area contributed by atoms with Crippen molar-refractivity contribution in [2.75, 3.05) is 0 Å². The molecule has 0 unspecified atom stereocenters. The van der Waals surface area contributed by atoms with E-state index in [1.807, 2.05) is 50.2 Å². The summed E-state index contributed by atoms with van der Waals surface area (Å²) in [5.41, 5.74) is 3.40. The highest BCUT2D eigenvalue weighted by Crippen LogP contribution is 2.36. The van der Waals surface area contributed by atoms with Gasteiger partial charge in [-0.05, 0) is 61.4 Å². The Hall–Kier alpha value is -3.27. The summed E-state index contributed by atoms with van der Waals surface area (Å²) in [6.07, 6.45) is 3.33. The lowest BCUT2D eigenvalue weighted by atomic mass is 10.2. The van der Waals surface area contributed by atoms with Gasteiger partial charge in [0.25, 0.3) is 11.5 Å². The van der Waals surface area contributed by atoms with Crippen molar-refractivity contribution in [3.8, 4) is 0 Å². The van der Waals surface area contributed by atoms with Gasteiger partial charge in [0.15, 0.2) is 0 Å². The number of thioether (sulfide) groups is 1. The number of pyridine rings is 1. The van der Waals surface area contributed by atoms with E-state index in [4.69, 9.17) is 17.2 Å². The second kappa shape index (κ2) is 10.0. The number of rotatable bonds is 5. The molecule has 0 aliphatic carbocycles. The molecule has 0 saturated carbocycles. The van der Waals surface area contributed by atoms with Crippen LogP contribution in [0, 0.1) is 19.7 Å². The summed E-state index contributed by atoms with van der Waals surface area (Å²) >= 11 is 7.98. The molecule has 180 valence electrons. The number of nitrogens with zero attached hydrogens (tertiary/aromatic N) is 3. The molecule has 2 aromatic carbocycles. The standard InChI is InChI=1S/C27H20FN3O2S3/c1-16-3-10-20(11-4-16)35-24-21(25(32)30-14-17(2)5-12-23(30)29-24)13-22-26(33)31(27(34)36-22)15-18-6-8-19(28)9-7-18/h3-14H,15H2,1-2H3/b22-13+. The van der Waals surface area contributed by atoms with Crippen LogP contribution in [0.5, 0.6) is 0 Å². The third kappa shape index (κ3) is 5.00. The zero-order valence-corrected chi connectivity index (χ0v) is 21.8. The van der Waals surface area contributed by atoms with Gasteiger partial charge >= 0.3 is 0 Å². The molecule has 1 amide bonds. The van der Waals surface area contributed by atoms with E-state index >= 15 is 0 Å². The molecule has 0 radical (unpaired) electrons. The molecule has 2 aromatic heterocycles. The van der Waals surface area contributed by atoms with Crippen molar-refractivity contribution in [1.29, 1.82) is 0 Å². The Bertz CT molecular complexity index is 1600. The summed E-state index contributed by atoms with van der Waals surface area (Å²) in [6, 6.07) is 17.6. The predicted molar refractivity (Wildman–Crippen MR) is 147 cm³/mol. The van der Waals surface area contributed by atoms with Crippen LogP contribution in [0.25, 0.3) is 11.7 Å². The second-order valence-electron chi connectivity index (χ2n) is 8.38. The quantitative estimate of drug-likeness (QED) is 0.178. The van der Waals surface area contributed by atoms with E-state index in [0.29, 0.717) is 25.5 Å². The molecule has 1 aliphatic rings. The lowest BCUT2D eigenvalue weighted by Crippen LogP contribution is -2.27. The molecule has 1 saturated heterocycles. The van der Waals surface area contributed by atoms with Crippen molar-refractivity contribution >= 4 is 57.7 Å². The fourth-order valence-corrected chi connectivity index (χ4v) is 5.83. The second-order valence-corrected chi connectivity index (χ2v) is 11.1. The van der Waals surface area contributed by atoms with Crippen LogP contribution in [-0.4, -0.2) is 24.5 Å². The highest BCUT2D eigenvalue weighted by molar-refractivity contribution is 8.26. The maximum Gasteiger partial charge on any atom is 0.266 e. The Kier molecular flexibility index (Phi) is 6.79. The Balaban J connectivity index is 1.56. The van der Waals surface area contributed by atoms with Crippen LogP contribution in [0.4, 0.5) is 4.39 Å². The van der Waals surface area contributed by atoms with E-state index in [-0.39, 0.29) is 23.8 Å². The molecular formula is C27H20FN3O2S3. The van der Waals surface area contributed by atoms with Crippen molar-refractivity contribution in [3.63, 3.8) is 0 Å². The minimum Gasteiger partial charge on any atom is -0.288 e. The third-order valence-electron chi connectivity index (χ3n) is 5.61. The van der Waals surface area contributed by atoms with Crippen LogP contribution < -0.4 is 5.56 Å². The lowest BCUT2D eigenvalue weighted by Gasteiger charge is -2.14. The van der Waals surface area contributed by atoms with Gasteiger partial charge in [-0.25, -0.2) is 9.37 Å². The van der Waals surface area contributed by atoms with Crippen molar-refractivity contribution in [1.82, 2.24) is 14.3 Å². The predicted octanol–water partition coefficient (Wildman–Crippen LogP) is 6.00. The first-order valence-corrected chi connectivity index (χ1v) is 13.1. The van der Waals surface area contributed by atoms with Gasteiger partial charge in [-0.3, -0.25) is 18.9 Å². The van der Waals surface area contributed by atoms with E-state index in [9.17, 15) is 14.0 Å². The number of carbonyl (C=O) groups excluding carboxylic acids is 1. The van der Waals surface area contributed by atoms with E-state index in [1.165, 1.54) is 33.2 Å². The lowest BCUT2D eigenvalue weighted by molar-refractivity contribution is -0.122. The molecule has 4 aromatic rings. The average molecular weight is 534 g/mol. The van der Waals surface area contributed by atoms with E-state index < -0.39 is 0 Å². The first kappa shape index (κ1) is 24.4. The first-order valence-electron chi connectivity index (χ1n) is 11.1. The third-order valence-corrected chi connectivity index (χ3v) is 8.00. The zero-order chi connectivity index (χ0) is 25.4. The average Bonchev–Trinajstić information content (AvgIpc) is 3.12. The summed E-state index contributed by atoms with van der Waals surface area (Å²) in [5.74, 6) is -0.642. The minimum atomic E-state index is -0.345. The Morgan fingerprint density at radius 1 is 1.00 bits per heavy atom. The van der Waals surface area contributed by atoms with Crippen molar-refractivity contribution in [2.24, 2.45) is 0 Å². The van der Waals surface area contributed by atoms with E-state index in [0.717, 1.165) is 33.3 Å². The number of carbonyl (C=O) groups is 1.